The maximum Gasteiger partial charge on any atom is 0.306 e. The monoisotopic (exact) mass is 899 g/mol. The van der Waals surface area contributed by atoms with E-state index in [9.17, 15) is 14.4 Å². The number of rotatable bonds is 51. The zero-order valence-electron chi connectivity index (χ0n) is 42.8. The average Bonchev–Trinajstić information content (AvgIpc) is 3.29. The Morgan fingerprint density at radius 1 is 0.312 bits per heavy atom. The van der Waals surface area contributed by atoms with Crippen LogP contribution in [0.25, 0.3) is 0 Å². The fourth-order valence-corrected chi connectivity index (χ4v) is 8.12. The van der Waals surface area contributed by atoms with Gasteiger partial charge in [0.05, 0.1) is 0 Å². The van der Waals surface area contributed by atoms with Crippen molar-refractivity contribution in [2.24, 2.45) is 0 Å². The fourth-order valence-electron chi connectivity index (χ4n) is 8.12. The second kappa shape index (κ2) is 53.2. The normalized spacial score (nSPS) is 12.2. The van der Waals surface area contributed by atoms with E-state index in [0.717, 1.165) is 77.0 Å². The third-order valence-corrected chi connectivity index (χ3v) is 12.4. The van der Waals surface area contributed by atoms with Crippen LogP contribution in [0.5, 0.6) is 0 Å². The van der Waals surface area contributed by atoms with Gasteiger partial charge >= 0.3 is 17.9 Å². The first-order valence-corrected chi connectivity index (χ1v) is 28.0. The van der Waals surface area contributed by atoms with E-state index in [-0.39, 0.29) is 31.1 Å². The number of carbonyl (C=O) groups is 3. The number of allylic oxidation sites excluding steroid dienone is 6. The van der Waals surface area contributed by atoms with Gasteiger partial charge < -0.3 is 14.2 Å². The molecule has 1 unspecified atom stereocenters. The first kappa shape index (κ1) is 61.6. The zero-order valence-corrected chi connectivity index (χ0v) is 42.8. The SMILES string of the molecule is CCCCC/C=C\C/C=C\CCCCCCCCCC(=O)OCC(COC(=O)CCCCCCCCCCCCCCC)OC(=O)CCCCCCC/C=C\CCCCCCCCC. The third kappa shape index (κ3) is 50.6. The van der Waals surface area contributed by atoms with Crippen LogP contribution in [0, 0.1) is 0 Å². The van der Waals surface area contributed by atoms with Gasteiger partial charge in [0.15, 0.2) is 6.10 Å². The molecule has 0 spiro atoms. The van der Waals surface area contributed by atoms with Crippen molar-refractivity contribution in [3.05, 3.63) is 36.5 Å². The molecule has 374 valence electrons. The molecule has 1 atom stereocenters. The molecule has 0 bridgehead atoms. The maximum absolute atomic E-state index is 12.8. The Morgan fingerprint density at radius 2 is 0.562 bits per heavy atom. The highest BCUT2D eigenvalue weighted by Crippen LogP contribution is 2.16. The Balaban J connectivity index is 4.37. The van der Waals surface area contributed by atoms with Crippen molar-refractivity contribution in [1.29, 1.82) is 0 Å². The van der Waals surface area contributed by atoms with Crippen LogP contribution >= 0.6 is 0 Å². The lowest BCUT2D eigenvalue weighted by Crippen LogP contribution is -2.30. The second-order valence-electron chi connectivity index (χ2n) is 18.8. The third-order valence-electron chi connectivity index (χ3n) is 12.4. The quantitative estimate of drug-likeness (QED) is 0.0262. The van der Waals surface area contributed by atoms with Crippen molar-refractivity contribution >= 4 is 17.9 Å². The minimum absolute atomic E-state index is 0.0747. The van der Waals surface area contributed by atoms with Crippen LogP contribution in [0.15, 0.2) is 36.5 Å². The van der Waals surface area contributed by atoms with Gasteiger partial charge in [-0.2, -0.15) is 0 Å². The summed E-state index contributed by atoms with van der Waals surface area (Å²) in [6.07, 6.45) is 62.7. The molecule has 0 saturated carbocycles. The number of hydrogen-bond donors (Lipinski definition) is 0. The van der Waals surface area contributed by atoms with Gasteiger partial charge in [0.1, 0.15) is 13.2 Å². The molecular formula is C58H106O6. The molecule has 0 aromatic rings. The number of ether oxygens (including phenoxy) is 3. The number of hydrogen-bond acceptors (Lipinski definition) is 6. The van der Waals surface area contributed by atoms with Crippen LogP contribution in [0.2, 0.25) is 0 Å². The Hall–Kier alpha value is -2.37. The van der Waals surface area contributed by atoms with E-state index in [1.165, 1.54) is 180 Å². The van der Waals surface area contributed by atoms with Crippen LogP contribution in [0.4, 0.5) is 0 Å². The summed E-state index contributed by atoms with van der Waals surface area (Å²) in [5, 5.41) is 0. The standard InChI is InChI=1S/C58H106O6/c1-4-7-10-13-16-19-22-25-27-29-31-33-36-39-42-45-48-51-57(60)63-54-55(53-62-56(59)50-47-44-41-38-35-32-24-21-18-15-12-9-6-3)64-58(61)52-49-46-43-40-37-34-30-28-26-23-20-17-14-11-8-5-2/h16,19,25,27-28,30,55H,4-15,17-18,20-24,26,29,31-54H2,1-3H3/b19-16-,27-25-,30-28-. The van der Waals surface area contributed by atoms with E-state index in [0.29, 0.717) is 19.3 Å². The molecule has 0 aliphatic rings. The van der Waals surface area contributed by atoms with E-state index < -0.39 is 6.10 Å². The Bertz CT molecular complexity index is 1080. The highest BCUT2D eigenvalue weighted by Gasteiger charge is 2.19. The molecule has 0 rings (SSSR count). The summed E-state index contributed by atoms with van der Waals surface area (Å²) in [5.74, 6) is -0.877. The highest BCUT2D eigenvalue weighted by molar-refractivity contribution is 5.71. The Morgan fingerprint density at radius 3 is 0.906 bits per heavy atom. The van der Waals surface area contributed by atoms with Gasteiger partial charge in [-0.3, -0.25) is 14.4 Å². The molecule has 0 amide bonds. The molecule has 0 heterocycles. The molecule has 0 saturated heterocycles. The van der Waals surface area contributed by atoms with Gasteiger partial charge in [0.25, 0.3) is 0 Å². The van der Waals surface area contributed by atoms with Crippen molar-refractivity contribution in [1.82, 2.24) is 0 Å². The largest absolute Gasteiger partial charge is 0.462 e. The second-order valence-corrected chi connectivity index (χ2v) is 18.8. The number of unbranched alkanes of at least 4 members (excludes halogenated alkanes) is 34. The first-order valence-electron chi connectivity index (χ1n) is 28.0. The molecular weight excluding hydrogens is 793 g/mol. The smallest absolute Gasteiger partial charge is 0.306 e. The minimum atomic E-state index is -0.776. The summed E-state index contributed by atoms with van der Waals surface area (Å²) in [4.78, 5) is 38.1. The van der Waals surface area contributed by atoms with E-state index in [2.05, 4.69) is 57.2 Å². The first-order chi connectivity index (χ1) is 31.5. The van der Waals surface area contributed by atoms with Crippen molar-refractivity contribution in [2.75, 3.05) is 13.2 Å². The Kier molecular flexibility index (Phi) is 51.3. The van der Waals surface area contributed by atoms with Gasteiger partial charge in [0.2, 0.25) is 0 Å². The predicted molar refractivity (Wildman–Crippen MR) is 275 cm³/mol. The van der Waals surface area contributed by atoms with E-state index in [4.69, 9.17) is 14.2 Å². The number of carbonyl (C=O) groups excluding carboxylic acids is 3. The van der Waals surface area contributed by atoms with Crippen molar-refractivity contribution < 1.29 is 28.6 Å². The van der Waals surface area contributed by atoms with E-state index in [1.807, 2.05) is 0 Å². The van der Waals surface area contributed by atoms with Gasteiger partial charge in [-0.15, -0.1) is 0 Å². The van der Waals surface area contributed by atoms with Crippen LogP contribution in [-0.2, 0) is 28.6 Å². The zero-order chi connectivity index (χ0) is 46.5. The molecule has 0 aliphatic carbocycles. The fraction of sp³-hybridized carbons (Fsp3) is 0.845. The molecule has 0 aromatic carbocycles. The molecule has 6 nitrogen and oxygen atoms in total. The highest BCUT2D eigenvalue weighted by atomic mass is 16.6. The molecule has 64 heavy (non-hydrogen) atoms. The van der Waals surface area contributed by atoms with Gasteiger partial charge in [-0.05, 0) is 77.0 Å². The minimum Gasteiger partial charge on any atom is -0.462 e. The summed E-state index contributed by atoms with van der Waals surface area (Å²) in [6, 6.07) is 0. The molecule has 0 fully saturated rings. The van der Waals surface area contributed by atoms with Gasteiger partial charge in [-0.25, -0.2) is 0 Å². The van der Waals surface area contributed by atoms with Crippen LogP contribution < -0.4 is 0 Å². The van der Waals surface area contributed by atoms with Gasteiger partial charge in [-0.1, -0.05) is 237 Å². The topological polar surface area (TPSA) is 78.9 Å². The summed E-state index contributed by atoms with van der Waals surface area (Å²) in [5.41, 5.74) is 0. The van der Waals surface area contributed by atoms with Crippen LogP contribution in [0.3, 0.4) is 0 Å². The predicted octanol–water partition coefficient (Wildman–Crippen LogP) is 18.5. The molecule has 6 heteroatoms. The lowest BCUT2D eigenvalue weighted by Gasteiger charge is -2.18. The summed E-state index contributed by atoms with van der Waals surface area (Å²) in [7, 11) is 0. The van der Waals surface area contributed by atoms with Gasteiger partial charge in [0, 0.05) is 19.3 Å². The molecule has 0 radical (unpaired) electrons. The van der Waals surface area contributed by atoms with Crippen molar-refractivity contribution in [3.63, 3.8) is 0 Å². The van der Waals surface area contributed by atoms with Crippen LogP contribution in [0.1, 0.15) is 297 Å². The molecule has 0 N–H and O–H groups in total. The van der Waals surface area contributed by atoms with E-state index in [1.54, 1.807) is 0 Å². The molecule has 0 aromatic heterocycles. The lowest BCUT2D eigenvalue weighted by molar-refractivity contribution is -0.167. The summed E-state index contributed by atoms with van der Waals surface area (Å²) < 4.78 is 16.8. The number of esters is 3. The molecule has 0 aliphatic heterocycles. The maximum atomic E-state index is 12.8. The summed E-state index contributed by atoms with van der Waals surface area (Å²) in [6.45, 7) is 6.63. The van der Waals surface area contributed by atoms with Crippen LogP contribution in [-0.4, -0.2) is 37.2 Å². The lowest BCUT2D eigenvalue weighted by atomic mass is 10.0. The van der Waals surface area contributed by atoms with E-state index >= 15 is 0 Å². The average molecular weight is 899 g/mol. The summed E-state index contributed by atoms with van der Waals surface area (Å²) >= 11 is 0. The van der Waals surface area contributed by atoms with Crippen molar-refractivity contribution in [2.45, 2.75) is 303 Å². The van der Waals surface area contributed by atoms with Crippen molar-refractivity contribution in [3.8, 4) is 0 Å². The Labute approximate surface area is 397 Å².